The van der Waals surface area contributed by atoms with Crippen molar-refractivity contribution < 1.29 is 9.47 Å². The van der Waals surface area contributed by atoms with E-state index in [1.165, 1.54) is 11.1 Å². The van der Waals surface area contributed by atoms with Crippen molar-refractivity contribution >= 4 is 0 Å². The second-order valence-corrected chi connectivity index (χ2v) is 15.2. The number of rotatable bonds is 12. The molecular weight excluding hydrogens is 480 g/mol. The first-order valence-electron chi connectivity index (χ1n) is 15.0. The topological polar surface area (TPSA) is 42.5 Å². The Morgan fingerprint density at radius 2 is 1.26 bits per heavy atom. The summed E-state index contributed by atoms with van der Waals surface area (Å²) in [7, 11) is 0. The van der Waals surface area contributed by atoms with Gasteiger partial charge in [0, 0.05) is 23.7 Å². The molecule has 0 heterocycles. The summed E-state index contributed by atoms with van der Waals surface area (Å²) >= 11 is 0. The highest BCUT2D eigenvalue weighted by Gasteiger charge is 2.35. The molecule has 0 saturated heterocycles. The lowest BCUT2D eigenvalue weighted by molar-refractivity contribution is 0.0685. The highest BCUT2D eigenvalue weighted by atomic mass is 16.5. The molecule has 218 valence electrons. The number of ether oxygens (including phenoxy) is 2. The average molecular weight is 537 g/mol. The minimum absolute atomic E-state index is 0.0349. The van der Waals surface area contributed by atoms with Crippen LogP contribution in [0, 0.1) is 0 Å². The van der Waals surface area contributed by atoms with Crippen molar-refractivity contribution in [2.24, 2.45) is 0 Å². The molecule has 2 aromatic carbocycles. The van der Waals surface area contributed by atoms with Gasteiger partial charge in [-0.1, -0.05) is 65.8 Å². The lowest BCUT2D eigenvalue weighted by Crippen LogP contribution is -2.55. The van der Waals surface area contributed by atoms with Gasteiger partial charge in [0.1, 0.15) is 23.7 Å². The van der Waals surface area contributed by atoms with Crippen LogP contribution in [0.3, 0.4) is 0 Å². The van der Waals surface area contributed by atoms with Gasteiger partial charge < -0.3 is 20.1 Å². The maximum absolute atomic E-state index is 6.30. The molecule has 3 rings (SSSR count). The summed E-state index contributed by atoms with van der Waals surface area (Å²) in [6.45, 7) is 25.7. The fourth-order valence-electron chi connectivity index (χ4n) is 5.08. The van der Waals surface area contributed by atoms with E-state index in [0.29, 0.717) is 12.1 Å². The minimum atomic E-state index is 0.0349. The van der Waals surface area contributed by atoms with Crippen LogP contribution in [0.15, 0.2) is 48.5 Å². The molecule has 0 spiro atoms. The molecule has 0 unspecified atom stereocenters. The average Bonchev–Trinajstić information content (AvgIpc) is 2.80. The SMILES string of the molecule is C[C@@H](CNC(C)(C)CCC(C)(C)N[C@H]1C[C@@H](Oc2cccc(C(C)(C)C)c2)C1)Oc1cccc(C(C)(C)C)c1. The Bertz CT molecular complexity index is 1050. The molecule has 1 aliphatic carbocycles. The molecule has 2 aromatic rings. The van der Waals surface area contributed by atoms with E-state index in [0.717, 1.165) is 43.7 Å². The highest BCUT2D eigenvalue weighted by molar-refractivity contribution is 5.33. The predicted octanol–water partition coefficient (Wildman–Crippen LogP) is 8.18. The van der Waals surface area contributed by atoms with E-state index in [2.05, 4.69) is 135 Å². The van der Waals surface area contributed by atoms with Gasteiger partial charge in [0.2, 0.25) is 0 Å². The summed E-state index contributed by atoms with van der Waals surface area (Å²) in [6.07, 6.45) is 4.72. The molecule has 39 heavy (non-hydrogen) atoms. The van der Waals surface area contributed by atoms with E-state index in [9.17, 15) is 0 Å². The Labute approximate surface area is 239 Å². The van der Waals surface area contributed by atoms with Gasteiger partial charge in [0.15, 0.2) is 0 Å². The van der Waals surface area contributed by atoms with Crippen molar-refractivity contribution in [2.75, 3.05) is 6.54 Å². The van der Waals surface area contributed by atoms with Gasteiger partial charge in [-0.2, -0.15) is 0 Å². The van der Waals surface area contributed by atoms with Crippen LogP contribution in [0.2, 0.25) is 0 Å². The number of nitrogens with one attached hydrogen (secondary N) is 2. The molecule has 1 saturated carbocycles. The lowest BCUT2D eigenvalue weighted by atomic mass is 9.84. The zero-order valence-corrected chi connectivity index (χ0v) is 26.7. The molecule has 4 heteroatoms. The van der Waals surface area contributed by atoms with Crippen LogP contribution in [-0.2, 0) is 10.8 Å². The second-order valence-electron chi connectivity index (χ2n) is 15.2. The monoisotopic (exact) mass is 536 g/mol. The smallest absolute Gasteiger partial charge is 0.120 e. The molecular formula is C35H56N2O2. The fraction of sp³-hybridized carbons (Fsp3) is 0.657. The third kappa shape index (κ3) is 10.1. The molecule has 0 aliphatic heterocycles. The van der Waals surface area contributed by atoms with E-state index in [4.69, 9.17) is 9.47 Å². The Hall–Kier alpha value is -2.04. The minimum Gasteiger partial charge on any atom is -0.490 e. The lowest BCUT2D eigenvalue weighted by Gasteiger charge is -2.42. The van der Waals surface area contributed by atoms with Gasteiger partial charge in [-0.3, -0.25) is 0 Å². The first kappa shape index (κ1) is 31.5. The van der Waals surface area contributed by atoms with Crippen molar-refractivity contribution in [1.29, 1.82) is 0 Å². The van der Waals surface area contributed by atoms with Crippen LogP contribution in [0.4, 0.5) is 0 Å². The predicted molar refractivity (Wildman–Crippen MR) is 166 cm³/mol. The normalized spacial score (nSPS) is 19.4. The maximum Gasteiger partial charge on any atom is 0.120 e. The Balaban J connectivity index is 1.39. The molecule has 0 bridgehead atoms. The third-order valence-electron chi connectivity index (χ3n) is 7.97. The zero-order valence-electron chi connectivity index (χ0n) is 26.7. The molecule has 4 nitrogen and oxygen atoms in total. The maximum atomic E-state index is 6.30. The number of hydrogen-bond acceptors (Lipinski definition) is 4. The summed E-state index contributed by atoms with van der Waals surface area (Å²) < 4.78 is 12.6. The zero-order chi connectivity index (χ0) is 29.1. The van der Waals surface area contributed by atoms with Crippen molar-refractivity contribution in [3.8, 4) is 11.5 Å². The van der Waals surface area contributed by atoms with E-state index in [1.807, 2.05) is 0 Å². The first-order chi connectivity index (χ1) is 17.9. The van der Waals surface area contributed by atoms with Gasteiger partial charge in [-0.25, -0.2) is 0 Å². The highest BCUT2D eigenvalue weighted by Crippen LogP contribution is 2.32. The summed E-state index contributed by atoms with van der Waals surface area (Å²) in [5, 5.41) is 7.65. The summed E-state index contributed by atoms with van der Waals surface area (Å²) in [5.74, 6) is 1.95. The Morgan fingerprint density at radius 3 is 1.82 bits per heavy atom. The standard InChI is InChI=1S/C35H56N2O2/c1-25(38-29-16-12-14-26(20-29)32(2,3)4)24-36-34(8,9)18-19-35(10,11)37-28-22-31(23-28)39-30-17-13-15-27(21-30)33(5,6)7/h12-17,20-21,25,28,31,36-37H,18-19,22-24H2,1-11H3/t25-,28-,31+/m0/s1. The van der Waals surface area contributed by atoms with Crippen LogP contribution >= 0.6 is 0 Å². The van der Waals surface area contributed by atoms with Crippen molar-refractivity contribution in [3.63, 3.8) is 0 Å². The van der Waals surface area contributed by atoms with Crippen LogP contribution in [0.1, 0.15) is 113 Å². The molecule has 0 amide bonds. The molecule has 2 N–H and O–H groups in total. The summed E-state index contributed by atoms with van der Waals surface area (Å²) in [5.41, 5.74) is 2.99. The summed E-state index contributed by atoms with van der Waals surface area (Å²) in [4.78, 5) is 0. The van der Waals surface area contributed by atoms with E-state index in [1.54, 1.807) is 0 Å². The van der Waals surface area contributed by atoms with Crippen LogP contribution < -0.4 is 20.1 Å². The van der Waals surface area contributed by atoms with Gasteiger partial charge in [0.25, 0.3) is 0 Å². The van der Waals surface area contributed by atoms with Gasteiger partial charge in [-0.05, 0) is 107 Å². The van der Waals surface area contributed by atoms with Crippen molar-refractivity contribution in [1.82, 2.24) is 10.6 Å². The number of hydrogen-bond donors (Lipinski definition) is 2. The van der Waals surface area contributed by atoms with Gasteiger partial charge >= 0.3 is 0 Å². The van der Waals surface area contributed by atoms with Crippen LogP contribution in [0.25, 0.3) is 0 Å². The van der Waals surface area contributed by atoms with Crippen LogP contribution in [0.5, 0.6) is 11.5 Å². The van der Waals surface area contributed by atoms with Crippen LogP contribution in [-0.4, -0.2) is 35.9 Å². The van der Waals surface area contributed by atoms with E-state index < -0.39 is 0 Å². The number of benzene rings is 2. The Kier molecular flexibility index (Phi) is 9.87. The quantitative estimate of drug-likeness (QED) is 0.287. The molecule has 0 radical (unpaired) electrons. The molecule has 1 aliphatic rings. The third-order valence-corrected chi connectivity index (χ3v) is 7.97. The molecule has 0 aromatic heterocycles. The van der Waals surface area contributed by atoms with Gasteiger partial charge in [-0.15, -0.1) is 0 Å². The Morgan fingerprint density at radius 1 is 0.744 bits per heavy atom. The summed E-state index contributed by atoms with van der Waals surface area (Å²) in [6, 6.07) is 17.6. The first-order valence-corrected chi connectivity index (χ1v) is 15.0. The van der Waals surface area contributed by atoms with E-state index in [-0.39, 0.29) is 28.0 Å². The van der Waals surface area contributed by atoms with E-state index >= 15 is 0 Å². The second kappa shape index (κ2) is 12.2. The molecule has 1 atom stereocenters. The van der Waals surface area contributed by atoms with Gasteiger partial charge in [0.05, 0.1) is 0 Å². The van der Waals surface area contributed by atoms with Crippen molar-refractivity contribution in [2.45, 2.75) is 142 Å². The van der Waals surface area contributed by atoms with Crippen molar-refractivity contribution in [3.05, 3.63) is 59.7 Å². The fourth-order valence-corrected chi connectivity index (χ4v) is 5.08. The molecule has 1 fully saturated rings. The largest absolute Gasteiger partial charge is 0.490 e.